The molecular formula is C14H17O3. The number of hydrogen-bond donors (Lipinski definition) is 0. The summed E-state index contributed by atoms with van der Waals surface area (Å²) in [4.78, 5) is 21.6. The Morgan fingerprint density at radius 1 is 1.06 bits per heavy atom. The molecule has 0 bridgehead atoms. The quantitative estimate of drug-likeness (QED) is 0.591. The molecule has 1 aromatic rings. The number of rotatable bonds is 3. The lowest BCUT2D eigenvalue weighted by Crippen LogP contribution is -2.12. The van der Waals surface area contributed by atoms with Gasteiger partial charge in [0.05, 0.1) is 5.56 Å². The van der Waals surface area contributed by atoms with E-state index in [9.17, 15) is 4.79 Å². The van der Waals surface area contributed by atoms with E-state index in [1.807, 2.05) is 19.1 Å². The smallest absolute Gasteiger partial charge is 0.292 e. The average molecular weight is 233 g/mol. The van der Waals surface area contributed by atoms with E-state index in [1.54, 1.807) is 12.1 Å². The average Bonchev–Trinajstić information content (AvgIpc) is 2.38. The highest BCUT2D eigenvalue weighted by Gasteiger charge is 2.18. The minimum Gasteiger partial charge on any atom is -0.292 e. The molecule has 17 heavy (non-hydrogen) atoms. The van der Waals surface area contributed by atoms with Gasteiger partial charge < -0.3 is 0 Å². The molecule has 1 aliphatic rings. The second-order valence-corrected chi connectivity index (χ2v) is 4.42. The molecule has 0 saturated heterocycles. The van der Waals surface area contributed by atoms with Crippen molar-refractivity contribution in [3.05, 3.63) is 41.5 Å². The third-order valence-electron chi connectivity index (χ3n) is 2.93. The van der Waals surface area contributed by atoms with Gasteiger partial charge in [-0.15, -0.1) is 0 Å². The van der Waals surface area contributed by atoms with Crippen LogP contribution in [0.25, 0.3) is 0 Å². The molecule has 1 aromatic carbocycles. The van der Waals surface area contributed by atoms with Crippen LogP contribution in [0.15, 0.2) is 24.3 Å². The van der Waals surface area contributed by atoms with Crippen molar-refractivity contribution in [3.8, 4) is 0 Å². The lowest BCUT2D eigenvalue weighted by atomic mass is 9.98. The molecule has 2 rings (SSSR count). The molecule has 1 saturated carbocycles. The van der Waals surface area contributed by atoms with E-state index in [0.717, 1.165) is 37.4 Å². The molecule has 0 aliphatic heterocycles. The maximum Gasteiger partial charge on any atom is 0.373 e. The Balaban J connectivity index is 1.82. The maximum atomic E-state index is 11.6. The molecule has 1 aliphatic carbocycles. The van der Waals surface area contributed by atoms with Gasteiger partial charge in [0, 0.05) is 0 Å². The van der Waals surface area contributed by atoms with E-state index in [4.69, 9.17) is 9.78 Å². The van der Waals surface area contributed by atoms with Crippen LogP contribution in [0, 0.1) is 13.0 Å². The molecule has 0 amide bonds. The van der Waals surface area contributed by atoms with Gasteiger partial charge in [-0.25, -0.2) is 4.79 Å². The Morgan fingerprint density at radius 2 is 1.71 bits per heavy atom. The molecule has 1 fully saturated rings. The third-order valence-corrected chi connectivity index (χ3v) is 2.93. The van der Waals surface area contributed by atoms with Crippen LogP contribution in [-0.4, -0.2) is 5.97 Å². The minimum absolute atomic E-state index is 0.428. The molecule has 91 valence electrons. The first-order valence-corrected chi connectivity index (χ1v) is 6.06. The fraction of sp³-hybridized carbons (Fsp3) is 0.429. The van der Waals surface area contributed by atoms with Crippen molar-refractivity contribution in [3.63, 3.8) is 0 Å². The lowest BCUT2D eigenvalue weighted by molar-refractivity contribution is -0.239. The highest BCUT2D eigenvalue weighted by Crippen LogP contribution is 2.26. The van der Waals surface area contributed by atoms with Gasteiger partial charge in [-0.3, -0.25) is 4.89 Å². The molecule has 1 radical (unpaired) electrons. The zero-order chi connectivity index (χ0) is 12.1. The predicted octanol–water partition coefficient (Wildman–Crippen LogP) is 3.58. The van der Waals surface area contributed by atoms with Crippen LogP contribution in [0.5, 0.6) is 0 Å². The molecule has 0 N–H and O–H groups in total. The first kappa shape index (κ1) is 12.1. The Hall–Kier alpha value is -1.35. The molecule has 3 heteroatoms. The van der Waals surface area contributed by atoms with Crippen LogP contribution < -0.4 is 0 Å². The van der Waals surface area contributed by atoms with Crippen molar-refractivity contribution in [1.29, 1.82) is 0 Å². The van der Waals surface area contributed by atoms with Crippen molar-refractivity contribution in [1.82, 2.24) is 0 Å². The number of aryl methyl sites for hydroxylation is 1. The van der Waals surface area contributed by atoms with E-state index < -0.39 is 5.97 Å². The summed E-state index contributed by atoms with van der Waals surface area (Å²) in [5.41, 5.74) is 1.64. The van der Waals surface area contributed by atoms with Gasteiger partial charge in [-0.2, -0.15) is 4.89 Å². The molecule has 0 atom stereocenters. The van der Waals surface area contributed by atoms with E-state index in [0.29, 0.717) is 5.56 Å². The van der Waals surface area contributed by atoms with Crippen LogP contribution in [0.2, 0.25) is 0 Å². The van der Waals surface area contributed by atoms with Gasteiger partial charge in [0.25, 0.3) is 0 Å². The molecular weight excluding hydrogens is 216 g/mol. The van der Waals surface area contributed by atoms with Gasteiger partial charge >= 0.3 is 5.97 Å². The lowest BCUT2D eigenvalue weighted by Gasteiger charge is -2.18. The van der Waals surface area contributed by atoms with Crippen LogP contribution >= 0.6 is 0 Å². The summed E-state index contributed by atoms with van der Waals surface area (Å²) < 4.78 is 0. The predicted molar refractivity (Wildman–Crippen MR) is 64.0 cm³/mol. The summed E-state index contributed by atoms with van der Waals surface area (Å²) in [6, 6.07) is 7.24. The molecule has 3 nitrogen and oxygen atoms in total. The number of benzene rings is 1. The summed E-state index contributed by atoms with van der Waals surface area (Å²) in [6.07, 6.45) is 6.17. The van der Waals surface area contributed by atoms with E-state index >= 15 is 0 Å². The van der Waals surface area contributed by atoms with Gasteiger partial charge in [0.15, 0.2) is 0 Å². The van der Waals surface area contributed by atoms with Crippen molar-refractivity contribution < 1.29 is 14.6 Å². The normalized spacial score (nSPS) is 16.8. The van der Waals surface area contributed by atoms with Gasteiger partial charge in [-0.05, 0) is 31.9 Å². The molecule has 0 heterocycles. The standard InChI is InChI=1S/C14H17O3/c1-11-7-9-12(10-8-11)14(15)17-16-13-5-3-2-4-6-13/h7-10H,2-6H2,1H3. The van der Waals surface area contributed by atoms with E-state index in [1.165, 1.54) is 6.42 Å². The monoisotopic (exact) mass is 233 g/mol. The zero-order valence-corrected chi connectivity index (χ0v) is 10.1. The van der Waals surface area contributed by atoms with Crippen LogP contribution in [0.4, 0.5) is 0 Å². The number of carbonyl (C=O) groups is 1. The van der Waals surface area contributed by atoms with Crippen molar-refractivity contribution in [2.45, 2.75) is 39.0 Å². The first-order valence-electron chi connectivity index (χ1n) is 6.06. The fourth-order valence-electron chi connectivity index (χ4n) is 1.86. The minimum atomic E-state index is -0.428. The first-order chi connectivity index (χ1) is 8.25. The summed E-state index contributed by atoms with van der Waals surface area (Å²) in [6.45, 7) is 1.98. The Morgan fingerprint density at radius 3 is 2.35 bits per heavy atom. The largest absolute Gasteiger partial charge is 0.373 e. The summed E-state index contributed by atoms with van der Waals surface area (Å²) in [5, 5.41) is 0. The number of hydrogen-bond acceptors (Lipinski definition) is 3. The second kappa shape index (κ2) is 5.82. The second-order valence-electron chi connectivity index (χ2n) is 4.42. The Labute approximate surface area is 102 Å². The number of carbonyl (C=O) groups excluding carboxylic acids is 1. The summed E-state index contributed by atoms with van der Waals surface area (Å²) >= 11 is 0. The maximum absolute atomic E-state index is 11.6. The molecule has 0 aromatic heterocycles. The fourth-order valence-corrected chi connectivity index (χ4v) is 1.86. The van der Waals surface area contributed by atoms with Gasteiger partial charge in [0.2, 0.25) is 0 Å². The third kappa shape index (κ3) is 3.56. The summed E-state index contributed by atoms with van der Waals surface area (Å²) in [7, 11) is 0. The van der Waals surface area contributed by atoms with Crippen molar-refractivity contribution >= 4 is 5.97 Å². The topological polar surface area (TPSA) is 35.5 Å². The van der Waals surface area contributed by atoms with Gasteiger partial charge in [-0.1, -0.05) is 37.0 Å². The highest BCUT2D eigenvalue weighted by molar-refractivity contribution is 5.88. The van der Waals surface area contributed by atoms with Crippen LogP contribution in [-0.2, 0) is 9.78 Å². The SMILES string of the molecule is Cc1ccc(C(=O)OO[C]2CCCCC2)cc1. The Kier molecular flexibility index (Phi) is 4.15. The zero-order valence-electron chi connectivity index (χ0n) is 10.1. The van der Waals surface area contributed by atoms with Crippen LogP contribution in [0.3, 0.4) is 0 Å². The van der Waals surface area contributed by atoms with E-state index in [2.05, 4.69) is 0 Å². The van der Waals surface area contributed by atoms with Crippen LogP contribution in [0.1, 0.15) is 48.0 Å². The van der Waals surface area contributed by atoms with Crippen molar-refractivity contribution in [2.24, 2.45) is 0 Å². The molecule has 0 spiro atoms. The highest BCUT2D eigenvalue weighted by atomic mass is 17.2. The van der Waals surface area contributed by atoms with Crippen molar-refractivity contribution in [2.75, 3.05) is 0 Å². The Bertz CT molecular complexity index is 364. The van der Waals surface area contributed by atoms with Gasteiger partial charge in [0.1, 0.15) is 6.10 Å². The summed E-state index contributed by atoms with van der Waals surface area (Å²) in [5.74, 6) is -0.428. The van der Waals surface area contributed by atoms with E-state index in [-0.39, 0.29) is 0 Å². The molecule has 0 unspecified atom stereocenters.